The minimum absolute atomic E-state index is 0.141. The molecule has 1 aromatic heterocycles. The number of aromatic amines is 1. The molecule has 4 rings (SSSR count). The number of carbonyl (C=O) groups is 1. The van der Waals surface area contributed by atoms with Crippen LogP contribution < -0.4 is 10.6 Å². The van der Waals surface area contributed by atoms with Crippen molar-refractivity contribution in [2.24, 2.45) is 5.92 Å². The van der Waals surface area contributed by atoms with Gasteiger partial charge in [0.15, 0.2) is 0 Å². The number of rotatable bonds is 4. The maximum Gasteiger partial charge on any atom is 0.222 e. The second-order valence-electron chi connectivity index (χ2n) is 7.27. The Hall–Kier alpha value is -2.46. The Balaban J connectivity index is 1.57. The molecule has 0 radical (unpaired) electrons. The van der Waals surface area contributed by atoms with Crippen LogP contribution in [-0.4, -0.2) is 24.0 Å². The first kappa shape index (κ1) is 17.9. The predicted molar refractivity (Wildman–Crippen MR) is 112 cm³/mol. The van der Waals surface area contributed by atoms with Gasteiger partial charge in [0.1, 0.15) is 0 Å². The predicted octanol–water partition coefficient (Wildman–Crippen LogP) is 5.21. The molecule has 0 spiro atoms. The minimum atomic E-state index is 0.141. The number of nitrogens with one attached hydrogen (secondary N) is 3. The zero-order valence-corrected chi connectivity index (χ0v) is 16.1. The van der Waals surface area contributed by atoms with Crippen LogP contribution in [0.5, 0.6) is 0 Å². The fourth-order valence-electron chi connectivity index (χ4n) is 4.02. The number of hydrogen-bond donors (Lipinski definition) is 3. The van der Waals surface area contributed by atoms with Crippen molar-refractivity contribution in [2.75, 3.05) is 12.4 Å². The molecule has 1 saturated carbocycles. The van der Waals surface area contributed by atoms with E-state index in [1.807, 2.05) is 30.3 Å². The molecule has 1 aliphatic carbocycles. The second kappa shape index (κ2) is 7.65. The summed E-state index contributed by atoms with van der Waals surface area (Å²) in [6, 6.07) is 16.8. The highest BCUT2D eigenvalue weighted by Gasteiger charge is 2.26. The number of aromatic nitrogens is 1. The third kappa shape index (κ3) is 3.81. The topological polar surface area (TPSA) is 56.9 Å². The van der Waals surface area contributed by atoms with E-state index in [9.17, 15) is 4.79 Å². The minimum Gasteiger partial charge on any atom is -0.381 e. The van der Waals surface area contributed by atoms with Gasteiger partial charge in [0.25, 0.3) is 0 Å². The van der Waals surface area contributed by atoms with Gasteiger partial charge in [-0.3, -0.25) is 4.79 Å². The lowest BCUT2D eigenvalue weighted by molar-refractivity contribution is -0.125. The van der Waals surface area contributed by atoms with Crippen molar-refractivity contribution >= 4 is 34.1 Å². The molecule has 140 valence electrons. The third-order valence-electron chi connectivity index (χ3n) is 5.48. The summed E-state index contributed by atoms with van der Waals surface area (Å²) in [6.07, 6.45) is 3.80. The first-order valence-electron chi connectivity index (χ1n) is 9.50. The van der Waals surface area contributed by atoms with Crippen LogP contribution in [0.4, 0.5) is 5.69 Å². The summed E-state index contributed by atoms with van der Waals surface area (Å²) in [5.41, 5.74) is 4.34. The van der Waals surface area contributed by atoms with E-state index in [0.29, 0.717) is 6.04 Å². The molecule has 0 atom stereocenters. The summed E-state index contributed by atoms with van der Waals surface area (Å²) < 4.78 is 0. The summed E-state index contributed by atoms with van der Waals surface area (Å²) in [5.74, 6) is 0.304. The van der Waals surface area contributed by atoms with Crippen LogP contribution in [0.15, 0.2) is 48.5 Å². The van der Waals surface area contributed by atoms with Gasteiger partial charge in [-0.05, 0) is 49.4 Å². The Bertz CT molecular complexity index is 943. The highest BCUT2D eigenvalue weighted by Crippen LogP contribution is 2.34. The molecular weight excluding hydrogens is 358 g/mol. The summed E-state index contributed by atoms with van der Waals surface area (Å²) >= 11 is 6.37. The molecule has 0 bridgehead atoms. The van der Waals surface area contributed by atoms with Crippen LogP contribution in [0.1, 0.15) is 25.7 Å². The van der Waals surface area contributed by atoms with Crippen molar-refractivity contribution in [3.63, 3.8) is 0 Å². The number of halogens is 1. The Morgan fingerprint density at radius 2 is 1.81 bits per heavy atom. The fourth-order valence-corrected chi connectivity index (χ4v) is 4.25. The second-order valence-corrected chi connectivity index (χ2v) is 7.71. The Morgan fingerprint density at radius 1 is 1.07 bits per heavy atom. The quantitative estimate of drug-likeness (QED) is 0.581. The molecule has 1 heterocycles. The molecule has 1 aliphatic rings. The molecule has 0 unspecified atom stereocenters. The van der Waals surface area contributed by atoms with E-state index in [1.165, 1.54) is 0 Å². The lowest BCUT2D eigenvalue weighted by Crippen LogP contribution is -2.34. The smallest absolute Gasteiger partial charge is 0.222 e. The average Bonchev–Trinajstić information content (AvgIpc) is 3.13. The molecule has 27 heavy (non-hydrogen) atoms. The van der Waals surface area contributed by atoms with Crippen LogP contribution in [0.25, 0.3) is 22.2 Å². The van der Waals surface area contributed by atoms with E-state index in [4.69, 9.17) is 11.6 Å². The van der Waals surface area contributed by atoms with Gasteiger partial charge in [0, 0.05) is 35.1 Å². The van der Waals surface area contributed by atoms with Crippen molar-refractivity contribution in [1.29, 1.82) is 0 Å². The molecule has 3 aromatic rings. The summed E-state index contributed by atoms with van der Waals surface area (Å²) in [6.45, 7) is 0. The van der Waals surface area contributed by atoms with E-state index in [1.54, 1.807) is 7.05 Å². The van der Waals surface area contributed by atoms with Crippen molar-refractivity contribution in [3.8, 4) is 11.3 Å². The van der Waals surface area contributed by atoms with Gasteiger partial charge in [0.2, 0.25) is 5.91 Å². The van der Waals surface area contributed by atoms with Gasteiger partial charge in [-0.15, -0.1) is 0 Å². The standard InChI is InChI=1S/C22H24ClN3O/c1-24-22(27)15-7-9-18(10-8-15)25-20-13-17(23)11-16-12-19(26-21(16)20)14-5-3-2-4-6-14/h2-6,11-13,15,18,25-26H,7-10H2,1H3,(H,24,27). The molecule has 0 aliphatic heterocycles. The normalized spacial score (nSPS) is 19.8. The largest absolute Gasteiger partial charge is 0.381 e. The first-order chi connectivity index (χ1) is 13.1. The highest BCUT2D eigenvalue weighted by molar-refractivity contribution is 6.32. The van der Waals surface area contributed by atoms with E-state index in [2.05, 4.69) is 33.8 Å². The van der Waals surface area contributed by atoms with E-state index < -0.39 is 0 Å². The third-order valence-corrected chi connectivity index (χ3v) is 5.70. The van der Waals surface area contributed by atoms with Crippen molar-refractivity contribution in [2.45, 2.75) is 31.7 Å². The zero-order chi connectivity index (χ0) is 18.8. The first-order valence-corrected chi connectivity index (χ1v) is 9.87. The molecule has 3 N–H and O–H groups in total. The molecule has 1 amide bonds. The zero-order valence-electron chi connectivity index (χ0n) is 15.4. The fraction of sp³-hybridized carbons (Fsp3) is 0.318. The van der Waals surface area contributed by atoms with Gasteiger partial charge in [-0.2, -0.15) is 0 Å². The van der Waals surface area contributed by atoms with Gasteiger partial charge in [-0.25, -0.2) is 0 Å². The Kier molecular flexibility index (Phi) is 5.08. The number of benzene rings is 2. The molecule has 1 fully saturated rings. The average molecular weight is 382 g/mol. The Morgan fingerprint density at radius 3 is 2.52 bits per heavy atom. The van der Waals surface area contributed by atoms with Crippen LogP contribution in [-0.2, 0) is 4.79 Å². The van der Waals surface area contributed by atoms with Gasteiger partial charge < -0.3 is 15.6 Å². The molecule has 4 nitrogen and oxygen atoms in total. The van der Waals surface area contributed by atoms with Crippen LogP contribution in [0.3, 0.4) is 0 Å². The molecule has 5 heteroatoms. The number of fused-ring (bicyclic) bond motifs is 1. The van der Waals surface area contributed by atoms with Gasteiger partial charge >= 0.3 is 0 Å². The van der Waals surface area contributed by atoms with E-state index >= 15 is 0 Å². The van der Waals surface area contributed by atoms with Gasteiger partial charge in [0.05, 0.1) is 11.2 Å². The summed E-state index contributed by atoms with van der Waals surface area (Å²) in [4.78, 5) is 15.4. The maximum absolute atomic E-state index is 11.8. The van der Waals surface area contributed by atoms with Gasteiger partial charge in [-0.1, -0.05) is 41.9 Å². The molecular formula is C22H24ClN3O. The monoisotopic (exact) mass is 381 g/mol. The van der Waals surface area contributed by atoms with Crippen LogP contribution in [0, 0.1) is 5.92 Å². The number of hydrogen-bond acceptors (Lipinski definition) is 2. The number of amides is 1. The van der Waals surface area contributed by atoms with Crippen molar-refractivity contribution in [3.05, 3.63) is 53.6 Å². The lowest BCUT2D eigenvalue weighted by Gasteiger charge is -2.29. The number of H-pyrrole nitrogens is 1. The van der Waals surface area contributed by atoms with Crippen molar-refractivity contribution < 1.29 is 4.79 Å². The van der Waals surface area contributed by atoms with E-state index in [0.717, 1.165) is 58.6 Å². The van der Waals surface area contributed by atoms with E-state index in [-0.39, 0.29) is 11.8 Å². The molecule has 0 saturated heterocycles. The Labute approximate surface area is 164 Å². The summed E-state index contributed by atoms with van der Waals surface area (Å²) in [7, 11) is 1.71. The lowest BCUT2D eigenvalue weighted by atomic mass is 9.85. The number of anilines is 1. The molecule has 2 aromatic carbocycles. The SMILES string of the molecule is CNC(=O)C1CCC(Nc2cc(Cl)cc3cc(-c4ccccc4)[nH]c23)CC1. The highest BCUT2D eigenvalue weighted by atomic mass is 35.5. The van der Waals surface area contributed by atoms with Crippen LogP contribution in [0.2, 0.25) is 5.02 Å². The van der Waals surface area contributed by atoms with Crippen LogP contribution >= 0.6 is 11.6 Å². The summed E-state index contributed by atoms with van der Waals surface area (Å²) in [5, 5.41) is 8.25. The van der Waals surface area contributed by atoms with Crippen molar-refractivity contribution in [1.82, 2.24) is 10.3 Å². The maximum atomic E-state index is 11.8. The number of carbonyl (C=O) groups excluding carboxylic acids is 1.